The van der Waals surface area contributed by atoms with E-state index >= 15 is 0 Å². The molecule has 1 unspecified atom stereocenters. The summed E-state index contributed by atoms with van der Waals surface area (Å²) in [7, 11) is -4.10. The fourth-order valence-electron chi connectivity index (χ4n) is 3.79. The quantitative estimate of drug-likeness (QED) is 0.730. The fraction of sp³-hybridized carbons (Fsp3) is 0.500. The number of benzene rings is 1. The molecule has 2 aliphatic rings. The Morgan fingerprint density at radius 2 is 2.07 bits per heavy atom. The van der Waals surface area contributed by atoms with Gasteiger partial charge in [-0.2, -0.15) is 5.10 Å². The van der Waals surface area contributed by atoms with Crippen LogP contribution in [0.15, 0.2) is 40.2 Å². The average Bonchev–Trinajstić information content (AvgIpc) is 2.69. The van der Waals surface area contributed by atoms with E-state index in [9.17, 15) is 13.2 Å². The maximum Gasteiger partial charge on any atom is 0.329 e. The lowest BCUT2D eigenvalue weighted by atomic mass is 9.70. The number of fused-ring (bicyclic) bond motifs is 1. The lowest BCUT2D eigenvalue weighted by molar-refractivity contribution is 0.0655. The van der Waals surface area contributed by atoms with Gasteiger partial charge in [-0.1, -0.05) is 38.1 Å². The Balaban J connectivity index is 1.80. The van der Waals surface area contributed by atoms with Gasteiger partial charge in [0.05, 0.1) is 12.6 Å². The monoisotopic (exact) mass is 420 g/mol. The second-order valence-electron chi connectivity index (χ2n) is 8.03. The highest BCUT2D eigenvalue weighted by molar-refractivity contribution is 7.93. The first-order chi connectivity index (χ1) is 13.7. The Bertz CT molecular complexity index is 940. The number of hydrogen-bond acceptors (Lipinski definition) is 6. The SMILES string of the molecule is C=NN1CCCO/C1=C(/C)S(=O)(=O)NC(=O)NC1c2ccccc2CCC1(C)C. The average molecular weight is 421 g/mol. The van der Waals surface area contributed by atoms with Crippen LogP contribution in [-0.4, -0.2) is 39.3 Å². The van der Waals surface area contributed by atoms with E-state index in [2.05, 4.69) is 35.7 Å². The second-order valence-corrected chi connectivity index (χ2v) is 9.85. The lowest BCUT2D eigenvalue weighted by Crippen LogP contribution is -2.47. The van der Waals surface area contributed by atoms with E-state index in [1.165, 1.54) is 17.5 Å². The van der Waals surface area contributed by atoms with E-state index in [0.29, 0.717) is 19.6 Å². The molecule has 0 spiro atoms. The van der Waals surface area contributed by atoms with E-state index < -0.39 is 16.1 Å². The molecule has 1 aromatic carbocycles. The number of nitrogens with one attached hydrogen (secondary N) is 2. The second kappa shape index (κ2) is 8.06. The van der Waals surface area contributed by atoms with Crippen LogP contribution in [0.3, 0.4) is 0 Å². The van der Waals surface area contributed by atoms with Gasteiger partial charge in [0.2, 0.25) is 5.88 Å². The highest BCUT2D eigenvalue weighted by Gasteiger charge is 2.37. The summed E-state index contributed by atoms with van der Waals surface area (Å²) in [6, 6.07) is 6.85. The molecule has 158 valence electrons. The maximum absolute atomic E-state index is 12.8. The Morgan fingerprint density at radius 1 is 1.34 bits per heavy atom. The number of urea groups is 1. The van der Waals surface area contributed by atoms with Crippen LogP contribution in [0.1, 0.15) is 50.8 Å². The van der Waals surface area contributed by atoms with Crippen molar-refractivity contribution < 1.29 is 17.9 Å². The van der Waals surface area contributed by atoms with Gasteiger partial charge in [-0.3, -0.25) is 0 Å². The number of amides is 2. The highest BCUT2D eigenvalue weighted by Crippen LogP contribution is 2.43. The van der Waals surface area contributed by atoms with Gasteiger partial charge in [0.1, 0.15) is 4.91 Å². The maximum atomic E-state index is 12.8. The van der Waals surface area contributed by atoms with Crippen molar-refractivity contribution in [2.24, 2.45) is 10.5 Å². The number of rotatable bonds is 4. The van der Waals surface area contributed by atoms with Crippen molar-refractivity contribution >= 4 is 22.8 Å². The predicted molar refractivity (Wildman–Crippen MR) is 111 cm³/mol. The van der Waals surface area contributed by atoms with Crippen molar-refractivity contribution in [3.63, 3.8) is 0 Å². The van der Waals surface area contributed by atoms with Crippen molar-refractivity contribution in [3.05, 3.63) is 46.2 Å². The van der Waals surface area contributed by atoms with E-state index in [-0.39, 0.29) is 22.2 Å². The first-order valence-electron chi connectivity index (χ1n) is 9.65. The van der Waals surface area contributed by atoms with Crippen LogP contribution < -0.4 is 10.0 Å². The van der Waals surface area contributed by atoms with Gasteiger partial charge < -0.3 is 10.1 Å². The first kappa shape index (κ1) is 21.2. The highest BCUT2D eigenvalue weighted by atomic mass is 32.2. The molecule has 1 fully saturated rings. The summed E-state index contributed by atoms with van der Waals surface area (Å²) in [5.41, 5.74) is 1.98. The van der Waals surface area contributed by atoms with Gasteiger partial charge in [0, 0.05) is 19.7 Å². The topological polar surface area (TPSA) is 100 Å². The summed E-state index contributed by atoms with van der Waals surface area (Å²) in [6.07, 6.45) is 2.52. The van der Waals surface area contributed by atoms with Gasteiger partial charge >= 0.3 is 6.03 Å². The van der Waals surface area contributed by atoms with Crippen molar-refractivity contribution in [3.8, 4) is 0 Å². The molecule has 8 nitrogen and oxygen atoms in total. The molecule has 3 rings (SSSR count). The van der Waals surface area contributed by atoms with Crippen LogP contribution in [-0.2, 0) is 21.2 Å². The van der Waals surface area contributed by atoms with Crippen LogP contribution in [0.5, 0.6) is 0 Å². The number of hydrazone groups is 1. The molecule has 0 bridgehead atoms. The first-order valence-corrected chi connectivity index (χ1v) is 11.1. The molecule has 29 heavy (non-hydrogen) atoms. The summed E-state index contributed by atoms with van der Waals surface area (Å²) >= 11 is 0. The molecule has 0 aromatic heterocycles. The minimum absolute atomic E-state index is 0.0925. The number of sulfonamides is 1. The molecule has 2 N–H and O–H groups in total. The van der Waals surface area contributed by atoms with E-state index in [1.807, 2.05) is 24.3 Å². The third-order valence-electron chi connectivity index (χ3n) is 5.55. The zero-order valence-electron chi connectivity index (χ0n) is 17.1. The number of ether oxygens (including phenoxy) is 1. The number of carbonyl (C=O) groups is 1. The predicted octanol–water partition coefficient (Wildman–Crippen LogP) is 2.86. The molecule has 1 atom stereocenters. The number of aryl methyl sites for hydroxylation is 1. The third-order valence-corrected chi connectivity index (χ3v) is 6.99. The van der Waals surface area contributed by atoms with Crippen molar-refractivity contribution in [1.29, 1.82) is 0 Å². The van der Waals surface area contributed by atoms with Crippen molar-refractivity contribution in [1.82, 2.24) is 15.0 Å². The molecule has 2 amide bonds. The molecule has 0 radical (unpaired) electrons. The molecular formula is C20H28N4O4S. The molecule has 1 aliphatic heterocycles. The van der Waals surface area contributed by atoms with Crippen LogP contribution in [0, 0.1) is 5.41 Å². The van der Waals surface area contributed by atoms with Crippen LogP contribution in [0.25, 0.3) is 0 Å². The Labute approximate surface area is 172 Å². The number of carbonyl (C=O) groups excluding carboxylic acids is 1. The summed E-state index contributed by atoms with van der Waals surface area (Å²) in [4.78, 5) is 12.5. The van der Waals surface area contributed by atoms with E-state index in [0.717, 1.165) is 18.4 Å². The van der Waals surface area contributed by atoms with Gasteiger partial charge in [0.25, 0.3) is 10.0 Å². The zero-order chi connectivity index (χ0) is 21.2. The Morgan fingerprint density at radius 3 is 2.79 bits per heavy atom. The van der Waals surface area contributed by atoms with Crippen LogP contribution in [0.2, 0.25) is 0 Å². The summed E-state index contributed by atoms with van der Waals surface area (Å²) in [5.74, 6) is 0.0925. The summed E-state index contributed by atoms with van der Waals surface area (Å²) in [5, 5.41) is 8.04. The molecule has 1 saturated heterocycles. The van der Waals surface area contributed by atoms with Crippen LogP contribution in [0.4, 0.5) is 4.79 Å². The zero-order valence-corrected chi connectivity index (χ0v) is 17.9. The fourth-order valence-corrected chi connectivity index (χ4v) is 4.64. The minimum atomic E-state index is -4.10. The Kier molecular flexibility index (Phi) is 5.88. The van der Waals surface area contributed by atoms with Crippen molar-refractivity contribution in [2.45, 2.75) is 46.1 Å². The molecule has 9 heteroatoms. The Hall–Kier alpha value is -2.55. The number of nitrogens with zero attached hydrogens (tertiary/aromatic N) is 2. The van der Waals surface area contributed by atoms with Gasteiger partial charge in [-0.25, -0.2) is 22.9 Å². The smallest absolute Gasteiger partial charge is 0.329 e. The number of hydrogen-bond donors (Lipinski definition) is 2. The van der Waals surface area contributed by atoms with Gasteiger partial charge in [-0.15, -0.1) is 0 Å². The largest absolute Gasteiger partial charge is 0.477 e. The van der Waals surface area contributed by atoms with E-state index in [1.54, 1.807) is 0 Å². The van der Waals surface area contributed by atoms with E-state index in [4.69, 9.17) is 4.74 Å². The van der Waals surface area contributed by atoms with Crippen molar-refractivity contribution in [2.75, 3.05) is 13.2 Å². The molecular weight excluding hydrogens is 392 g/mol. The van der Waals surface area contributed by atoms with Gasteiger partial charge in [-0.05, 0) is 36.3 Å². The number of allylic oxidation sites excluding steroid dienone is 1. The molecule has 1 aromatic rings. The standard InChI is InChI=1S/C20H28N4O4S/c1-14(18-24(21-4)12-7-13-28-18)29(26,27)23-19(25)22-17-16-9-6-5-8-15(16)10-11-20(17,2)3/h5-6,8-9,17H,4,7,10-13H2,1-3H3,(H2,22,23,25)/b18-14-. The minimum Gasteiger partial charge on any atom is -0.477 e. The third kappa shape index (κ3) is 4.39. The molecule has 1 heterocycles. The lowest BCUT2D eigenvalue weighted by Gasteiger charge is -2.40. The van der Waals surface area contributed by atoms with Gasteiger partial charge in [0.15, 0.2) is 0 Å². The van der Waals surface area contributed by atoms with Crippen LogP contribution >= 0.6 is 0 Å². The molecule has 1 aliphatic carbocycles. The normalized spacial score (nSPS) is 22.7. The summed E-state index contributed by atoms with van der Waals surface area (Å²) in [6.45, 7) is 9.85. The molecule has 0 saturated carbocycles. The summed E-state index contributed by atoms with van der Waals surface area (Å²) < 4.78 is 33.1.